The van der Waals surface area contributed by atoms with Crippen LogP contribution in [0.4, 0.5) is 0 Å². The molecule has 0 aliphatic carbocycles. The molecule has 0 aliphatic rings. The Hall–Kier alpha value is -2.07. The van der Waals surface area contributed by atoms with Gasteiger partial charge in [-0.1, -0.05) is 30.3 Å². The van der Waals surface area contributed by atoms with Crippen molar-refractivity contribution in [1.82, 2.24) is 5.32 Å². The van der Waals surface area contributed by atoms with E-state index in [1.54, 1.807) is 13.0 Å². The first-order valence-corrected chi connectivity index (χ1v) is 6.70. The average Bonchev–Trinajstić information content (AvgIpc) is 2.90. The molecule has 0 fully saturated rings. The summed E-state index contributed by atoms with van der Waals surface area (Å²) in [7, 11) is 0. The third-order valence-electron chi connectivity index (χ3n) is 3.36. The number of furan rings is 1. The Kier molecular flexibility index (Phi) is 4.96. The minimum Gasteiger partial charge on any atom is -0.469 e. The van der Waals surface area contributed by atoms with Crippen LogP contribution in [0.25, 0.3) is 0 Å². The molecule has 0 radical (unpaired) electrons. The molecule has 4 heteroatoms. The SMILES string of the molecule is Cc1occc1C(=O)NCC(CCO)c1ccccc1. The largest absolute Gasteiger partial charge is 0.469 e. The Labute approximate surface area is 118 Å². The summed E-state index contributed by atoms with van der Waals surface area (Å²) in [6.45, 7) is 2.35. The second kappa shape index (κ2) is 6.91. The van der Waals surface area contributed by atoms with Crippen LogP contribution in [0.2, 0.25) is 0 Å². The van der Waals surface area contributed by atoms with Crippen LogP contribution in [0.15, 0.2) is 47.1 Å². The van der Waals surface area contributed by atoms with Gasteiger partial charge in [-0.25, -0.2) is 0 Å². The molecule has 20 heavy (non-hydrogen) atoms. The van der Waals surface area contributed by atoms with Crippen molar-refractivity contribution in [3.8, 4) is 0 Å². The third kappa shape index (κ3) is 3.48. The number of benzene rings is 1. The lowest BCUT2D eigenvalue weighted by Gasteiger charge is -2.17. The van der Waals surface area contributed by atoms with Gasteiger partial charge in [0.05, 0.1) is 11.8 Å². The van der Waals surface area contributed by atoms with Gasteiger partial charge >= 0.3 is 0 Å². The maximum Gasteiger partial charge on any atom is 0.254 e. The summed E-state index contributed by atoms with van der Waals surface area (Å²) in [6.07, 6.45) is 2.13. The minimum absolute atomic E-state index is 0.0974. The normalized spacial score (nSPS) is 12.1. The number of hydrogen-bond acceptors (Lipinski definition) is 3. The molecule has 1 aromatic heterocycles. The van der Waals surface area contributed by atoms with Crippen LogP contribution in [0.5, 0.6) is 0 Å². The average molecular weight is 273 g/mol. The highest BCUT2D eigenvalue weighted by molar-refractivity contribution is 5.95. The summed E-state index contributed by atoms with van der Waals surface area (Å²) in [5.74, 6) is 0.577. The molecular formula is C16H19NO3. The maximum atomic E-state index is 12.0. The number of aliphatic hydroxyl groups excluding tert-OH is 1. The van der Waals surface area contributed by atoms with E-state index in [-0.39, 0.29) is 18.4 Å². The molecule has 0 saturated carbocycles. The predicted molar refractivity (Wildman–Crippen MR) is 76.7 cm³/mol. The first kappa shape index (κ1) is 14.3. The zero-order chi connectivity index (χ0) is 14.4. The number of carbonyl (C=O) groups is 1. The fourth-order valence-electron chi connectivity index (χ4n) is 2.20. The van der Waals surface area contributed by atoms with Gasteiger partial charge in [-0.3, -0.25) is 4.79 Å². The van der Waals surface area contributed by atoms with E-state index in [9.17, 15) is 4.79 Å². The summed E-state index contributed by atoms with van der Waals surface area (Å²) in [5, 5.41) is 12.1. The van der Waals surface area contributed by atoms with Gasteiger partial charge in [0.1, 0.15) is 5.76 Å². The van der Waals surface area contributed by atoms with Gasteiger partial charge in [-0.05, 0) is 25.0 Å². The highest BCUT2D eigenvalue weighted by atomic mass is 16.3. The number of aliphatic hydroxyl groups is 1. The molecule has 1 heterocycles. The lowest BCUT2D eigenvalue weighted by molar-refractivity contribution is 0.0948. The summed E-state index contributed by atoms with van der Waals surface area (Å²) < 4.78 is 5.12. The first-order valence-electron chi connectivity index (χ1n) is 6.70. The molecule has 4 nitrogen and oxygen atoms in total. The van der Waals surface area contributed by atoms with E-state index >= 15 is 0 Å². The summed E-state index contributed by atoms with van der Waals surface area (Å²) in [6, 6.07) is 11.6. The van der Waals surface area contributed by atoms with E-state index in [4.69, 9.17) is 9.52 Å². The van der Waals surface area contributed by atoms with Crippen LogP contribution in [-0.2, 0) is 0 Å². The van der Waals surface area contributed by atoms with Crippen molar-refractivity contribution in [2.45, 2.75) is 19.3 Å². The van der Waals surface area contributed by atoms with Crippen LogP contribution in [0, 0.1) is 6.92 Å². The molecule has 2 rings (SSSR count). The molecule has 0 spiro atoms. The van der Waals surface area contributed by atoms with Crippen molar-refractivity contribution < 1.29 is 14.3 Å². The fourth-order valence-corrected chi connectivity index (χ4v) is 2.20. The number of carbonyl (C=O) groups excluding carboxylic acids is 1. The molecule has 1 atom stereocenters. The van der Waals surface area contributed by atoms with Crippen molar-refractivity contribution in [2.24, 2.45) is 0 Å². The van der Waals surface area contributed by atoms with E-state index in [0.29, 0.717) is 24.3 Å². The van der Waals surface area contributed by atoms with Crippen LogP contribution in [0.1, 0.15) is 34.0 Å². The van der Waals surface area contributed by atoms with E-state index in [2.05, 4.69) is 5.32 Å². The molecule has 0 aliphatic heterocycles. The van der Waals surface area contributed by atoms with Gasteiger partial charge in [0.2, 0.25) is 0 Å². The van der Waals surface area contributed by atoms with Crippen LogP contribution in [0.3, 0.4) is 0 Å². The van der Waals surface area contributed by atoms with Gasteiger partial charge in [0.25, 0.3) is 5.91 Å². The lowest BCUT2D eigenvalue weighted by Crippen LogP contribution is -2.29. The standard InChI is InChI=1S/C16H19NO3/c1-12-15(8-10-20-12)16(19)17-11-14(7-9-18)13-5-3-2-4-6-13/h2-6,8,10,14,18H,7,9,11H2,1H3,(H,17,19). The smallest absolute Gasteiger partial charge is 0.254 e. The fraction of sp³-hybridized carbons (Fsp3) is 0.312. The second-order valence-electron chi connectivity index (χ2n) is 4.72. The van der Waals surface area contributed by atoms with Crippen LogP contribution in [-0.4, -0.2) is 24.2 Å². The summed E-state index contributed by atoms with van der Waals surface area (Å²) >= 11 is 0. The Bertz CT molecular complexity index is 548. The monoisotopic (exact) mass is 273 g/mol. The maximum absolute atomic E-state index is 12.0. The minimum atomic E-state index is -0.143. The highest BCUT2D eigenvalue weighted by Crippen LogP contribution is 2.18. The highest BCUT2D eigenvalue weighted by Gasteiger charge is 2.15. The van der Waals surface area contributed by atoms with Gasteiger partial charge in [-0.2, -0.15) is 0 Å². The third-order valence-corrected chi connectivity index (χ3v) is 3.36. The Morgan fingerprint density at radius 1 is 1.30 bits per heavy atom. The number of rotatable bonds is 6. The zero-order valence-corrected chi connectivity index (χ0v) is 11.5. The molecule has 2 aromatic rings. The van der Waals surface area contributed by atoms with E-state index in [1.165, 1.54) is 6.26 Å². The number of aryl methyl sites for hydroxylation is 1. The van der Waals surface area contributed by atoms with E-state index in [1.807, 2.05) is 30.3 Å². The lowest BCUT2D eigenvalue weighted by atomic mass is 9.96. The molecule has 0 saturated heterocycles. The zero-order valence-electron chi connectivity index (χ0n) is 11.5. The second-order valence-corrected chi connectivity index (χ2v) is 4.72. The van der Waals surface area contributed by atoms with E-state index in [0.717, 1.165) is 5.56 Å². The Morgan fingerprint density at radius 2 is 2.05 bits per heavy atom. The van der Waals surface area contributed by atoms with Crippen LogP contribution < -0.4 is 5.32 Å². The topological polar surface area (TPSA) is 62.5 Å². The Balaban J connectivity index is 1.99. The molecule has 2 N–H and O–H groups in total. The van der Waals surface area contributed by atoms with Crippen molar-refractivity contribution in [3.63, 3.8) is 0 Å². The van der Waals surface area contributed by atoms with Gasteiger partial charge in [-0.15, -0.1) is 0 Å². The van der Waals surface area contributed by atoms with E-state index < -0.39 is 0 Å². The van der Waals surface area contributed by atoms with Crippen LogP contribution >= 0.6 is 0 Å². The van der Waals surface area contributed by atoms with Crippen molar-refractivity contribution in [1.29, 1.82) is 0 Å². The van der Waals surface area contributed by atoms with Crippen molar-refractivity contribution in [2.75, 3.05) is 13.2 Å². The number of hydrogen-bond donors (Lipinski definition) is 2. The quantitative estimate of drug-likeness (QED) is 0.850. The first-order chi connectivity index (χ1) is 9.72. The molecular weight excluding hydrogens is 254 g/mol. The van der Waals surface area contributed by atoms with Gasteiger partial charge < -0.3 is 14.8 Å². The predicted octanol–water partition coefficient (Wildman–Crippen LogP) is 2.48. The van der Waals surface area contributed by atoms with Gasteiger partial charge in [0.15, 0.2) is 0 Å². The number of amides is 1. The molecule has 0 bridgehead atoms. The van der Waals surface area contributed by atoms with Crippen molar-refractivity contribution in [3.05, 3.63) is 59.5 Å². The van der Waals surface area contributed by atoms with Gasteiger partial charge in [0, 0.05) is 19.1 Å². The Morgan fingerprint density at radius 3 is 2.65 bits per heavy atom. The van der Waals surface area contributed by atoms with Crippen molar-refractivity contribution >= 4 is 5.91 Å². The summed E-state index contributed by atoms with van der Waals surface area (Å²) in [5.41, 5.74) is 1.67. The summed E-state index contributed by atoms with van der Waals surface area (Å²) in [4.78, 5) is 12.0. The molecule has 106 valence electrons. The number of nitrogens with one attached hydrogen (secondary N) is 1. The molecule has 1 aromatic carbocycles. The molecule has 1 unspecified atom stereocenters. The molecule has 1 amide bonds.